The van der Waals surface area contributed by atoms with E-state index in [1.54, 1.807) is 12.4 Å². The summed E-state index contributed by atoms with van der Waals surface area (Å²) in [6.07, 6.45) is 3.65. The van der Waals surface area contributed by atoms with E-state index in [1.807, 2.05) is 0 Å². The van der Waals surface area contributed by atoms with Gasteiger partial charge in [0.1, 0.15) is 0 Å². The molecule has 1 atom stereocenters. The molecule has 0 amide bonds. The molecule has 7 nitrogen and oxygen atoms in total. The Labute approximate surface area is 85.3 Å². The third-order valence-corrected chi connectivity index (χ3v) is 1.91. The van der Waals surface area contributed by atoms with Gasteiger partial charge in [-0.1, -0.05) is 5.16 Å². The van der Waals surface area contributed by atoms with Gasteiger partial charge in [-0.15, -0.1) is 0 Å². The second kappa shape index (κ2) is 4.20. The Morgan fingerprint density at radius 2 is 2.47 bits per heavy atom. The van der Waals surface area contributed by atoms with E-state index < -0.39 is 6.04 Å². The molecule has 1 unspecified atom stereocenters. The topological polar surface area (TPSA) is 114 Å². The van der Waals surface area contributed by atoms with Crippen LogP contribution in [0.2, 0.25) is 0 Å². The van der Waals surface area contributed by atoms with Gasteiger partial charge in [-0.2, -0.15) is 4.98 Å². The minimum Gasteiger partial charge on any atom is -0.396 e. The van der Waals surface area contributed by atoms with Crippen molar-refractivity contribution >= 4 is 0 Å². The first-order valence-electron chi connectivity index (χ1n) is 4.51. The van der Waals surface area contributed by atoms with Crippen LogP contribution in [-0.4, -0.2) is 31.8 Å². The van der Waals surface area contributed by atoms with Gasteiger partial charge in [0, 0.05) is 19.0 Å². The van der Waals surface area contributed by atoms with E-state index in [9.17, 15) is 0 Å². The first-order valence-corrected chi connectivity index (χ1v) is 4.51. The van der Waals surface area contributed by atoms with Crippen molar-refractivity contribution < 1.29 is 9.63 Å². The Morgan fingerprint density at radius 1 is 1.60 bits per heavy atom. The number of imidazole rings is 1. The van der Waals surface area contributed by atoms with E-state index in [2.05, 4.69) is 20.1 Å². The SMILES string of the molecule is NC(CCO)c1nc(-c2ncc[nH]2)no1. The Kier molecular flexibility index (Phi) is 2.75. The fraction of sp³-hybridized carbons (Fsp3) is 0.375. The number of nitrogens with two attached hydrogens (primary N) is 1. The van der Waals surface area contributed by atoms with E-state index >= 15 is 0 Å². The smallest absolute Gasteiger partial charge is 0.244 e. The molecule has 0 aliphatic carbocycles. The summed E-state index contributed by atoms with van der Waals surface area (Å²) in [5.74, 6) is 1.19. The molecule has 0 radical (unpaired) electrons. The van der Waals surface area contributed by atoms with Crippen molar-refractivity contribution in [1.29, 1.82) is 0 Å². The van der Waals surface area contributed by atoms with Gasteiger partial charge in [-0.25, -0.2) is 4.98 Å². The van der Waals surface area contributed by atoms with E-state index in [0.29, 0.717) is 24.0 Å². The molecule has 80 valence electrons. The maximum Gasteiger partial charge on any atom is 0.244 e. The van der Waals surface area contributed by atoms with E-state index in [-0.39, 0.29) is 6.61 Å². The van der Waals surface area contributed by atoms with Crippen molar-refractivity contribution in [2.45, 2.75) is 12.5 Å². The Balaban J connectivity index is 2.17. The van der Waals surface area contributed by atoms with E-state index in [4.69, 9.17) is 15.4 Å². The maximum absolute atomic E-state index is 8.70. The van der Waals surface area contributed by atoms with Crippen molar-refractivity contribution in [2.24, 2.45) is 5.73 Å². The number of rotatable bonds is 4. The summed E-state index contributed by atoms with van der Waals surface area (Å²) in [4.78, 5) is 10.9. The highest BCUT2D eigenvalue weighted by Gasteiger charge is 2.15. The summed E-state index contributed by atoms with van der Waals surface area (Å²) < 4.78 is 4.95. The number of aromatic nitrogens is 4. The first-order chi connectivity index (χ1) is 7.31. The van der Waals surface area contributed by atoms with Crippen LogP contribution < -0.4 is 5.73 Å². The number of nitrogens with zero attached hydrogens (tertiary/aromatic N) is 3. The summed E-state index contributed by atoms with van der Waals surface area (Å²) >= 11 is 0. The van der Waals surface area contributed by atoms with Gasteiger partial charge in [0.15, 0.2) is 5.82 Å². The number of aliphatic hydroxyl groups excluding tert-OH is 1. The zero-order valence-corrected chi connectivity index (χ0v) is 7.92. The number of aromatic amines is 1. The highest BCUT2D eigenvalue weighted by Crippen LogP contribution is 2.15. The van der Waals surface area contributed by atoms with Gasteiger partial charge in [-0.3, -0.25) is 0 Å². The van der Waals surface area contributed by atoms with Crippen LogP contribution in [0.4, 0.5) is 0 Å². The summed E-state index contributed by atoms with van der Waals surface area (Å²) in [5, 5.41) is 12.4. The second-order valence-electron chi connectivity index (χ2n) is 3.01. The molecule has 2 heterocycles. The molecular weight excluding hydrogens is 198 g/mol. The molecule has 2 rings (SSSR count). The molecule has 0 aromatic carbocycles. The van der Waals surface area contributed by atoms with Gasteiger partial charge in [0.05, 0.1) is 6.04 Å². The lowest BCUT2D eigenvalue weighted by atomic mass is 10.2. The first kappa shape index (κ1) is 9.81. The van der Waals surface area contributed by atoms with E-state index in [0.717, 1.165) is 0 Å². The van der Waals surface area contributed by atoms with Crippen LogP contribution in [0.1, 0.15) is 18.4 Å². The Hall–Kier alpha value is -1.73. The monoisotopic (exact) mass is 209 g/mol. The maximum atomic E-state index is 8.70. The van der Waals surface area contributed by atoms with Crippen LogP contribution in [0.15, 0.2) is 16.9 Å². The lowest BCUT2D eigenvalue weighted by molar-refractivity contribution is 0.259. The minimum absolute atomic E-state index is 0.0143. The van der Waals surface area contributed by atoms with Gasteiger partial charge >= 0.3 is 0 Å². The molecule has 0 spiro atoms. The zero-order valence-electron chi connectivity index (χ0n) is 7.92. The third-order valence-electron chi connectivity index (χ3n) is 1.91. The van der Waals surface area contributed by atoms with Crippen molar-refractivity contribution in [1.82, 2.24) is 20.1 Å². The fourth-order valence-corrected chi connectivity index (χ4v) is 1.13. The molecule has 2 aromatic rings. The van der Waals surface area contributed by atoms with Crippen LogP contribution in [-0.2, 0) is 0 Å². The molecular formula is C8H11N5O2. The van der Waals surface area contributed by atoms with Crippen molar-refractivity contribution in [3.8, 4) is 11.6 Å². The Morgan fingerprint density at radius 3 is 3.13 bits per heavy atom. The van der Waals surface area contributed by atoms with Crippen LogP contribution in [0, 0.1) is 0 Å². The molecule has 15 heavy (non-hydrogen) atoms. The van der Waals surface area contributed by atoms with E-state index in [1.165, 1.54) is 0 Å². The van der Waals surface area contributed by atoms with Crippen molar-refractivity contribution in [3.05, 3.63) is 18.3 Å². The number of H-pyrrole nitrogens is 1. The van der Waals surface area contributed by atoms with Gasteiger partial charge in [0.25, 0.3) is 0 Å². The standard InChI is InChI=1S/C8H11N5O2/c9-5(1-4-14)8-12-7(13-15-8)6-10-2-3-11-6/h2-3,5,14H,1,4,9H2,(H,10,11). The quantitative estimate of drug-likeness (QED) is 0.644. The van der Waals surface area contributed by atoms with Gasteiger partial charge in [-0.05, 0) is 6.42 Å². The summed E-state index contributed by atoms with van der Waals surface area (Å²) in [7, 11) is 0. The van der Waals surface area contributed by atoms with Crippen molar-refractivity contribution in [2.75, 3.05) is 6.61 Å². The van der Waals surface area contributed by atoms with Crippen LogP contribution in [0.5, 0.6) is 0 Å². The summed E-state index contributed by atoms with van der Waals surface area (Å²) in [6, 6.07) is -0.439. The third kappa shape index (κ3) is 2.03. The largest absolute Gasteiger partial charge is 0.396 e. The molecule has 0 saturated carbocycles. The predicted octanol–water partition coefficient (Wildman–Crippen LogP) is -0.158. The molecule has 7 heteroatoms. The average molecular weight is 209 g/mol. The summed E-state index contributed by atoms with van der Waals surface area (Å²) in [6.45, 7) is -0.0143. The van der Waals surface area contributed by atoms with Crippen molar-refractivity contribution in [3.63, 3.8) is 0 Å². The molecule has 0 fully saturated rings. The lowest BCUT2D eigenvalue weighted by Crippen LogP contribution is -2.12. The molecule has 4 N–H and O–H groups in total. The number of hydrogen-bond acceptors (Lipinski definition) is 6. The van der Waals surface area contributed by atoms with Crippen LogP contribution >= 0.6 is 0 Å². The summed E-state index contributed by atoms with van der Waals surface area (Å²) in [5.41, 5.74) is 5.69. The average Bonchev–Trinajstić information content (AvgIpc) is 2.89. The molecule has 0 saturated heterocycles. The highest BCUT2D eigenvalue weighted by molar-refractivity contribution is 5.40. The predicted molar refractivity (Wildman–Crippen MR) is 50.5 cm³/mol. The molecule has 2 aromatic heterocycles. The minimum atomic E-state index is -0.439. The zero-order chi connectivity index (χ0) is 10.7. The number of nitrogens with one attached hydrogen (secondary N) is 1. The number of aliphatic hydroxyl groups is 1. The van der Waals surface area contributed by atoms with Crippen LogP contribution in [0.3, 0.4) is 0 Å². The normalized spacial score (nSPS) is 12.9. The highest BCUT2D eigenvalue weighted by atomic mass is 16.5. The lowest BCUT2D eigenvalue weighted by Gasteiger charge is -2.01. The van der Waals surface area contributed by atoms with Crippen LogP contribution in [0.25, 0.3) is 11.6 Å². The second-order valence-corrected chi connectivity index (χ2v) is 3.01. The molecule has 0 bridgehead atoms. The number of hydrogen-bond donors (Lipinski definition) is 3. The van der Waals surface area contributed by atoms with Gasteiger partial charge in [0.2, 0.25) is 11.7 Å². The fourth-order valence-electron chi connectivity index (χ4n) is 1.13. The molecule has 0 aliphatic rings. The Bertz CT molecular complexity index is 410. The van der Waals surface area contributed by atoms with Gasteiger partial charge < -0.3 is 20.3 Å². The molecule has 0 aliphatic heterocycles.